The molecule has 1 rings (SSSR count). The maximum atomic E-state index is 13.0. The lowest BCUT2D eigenvalue weighted by molar-refractivity contribution is -0.141. The number of aliphatic carboxylic acids is 2. The minimum atomic E-state index is -1.49. The monoisotopic (exact) mass is 527 g/mol. The number of amides is 4. The second-order valence-electron chi connectivity index (χ2n) is 7.78. The molecule has 4 amide bonds. The number of rotatable bonds is 15. The minimum Gasteiger partial charge on any atom is -0.508 e. The van der Waals surface area contributed by atoms with Crippen LogP contribution >= 0.6 is 12.6 Å². The van der Waals surface area contributed by atoms with E-state index in [1.807, 2.05) is 0 Å². The Morgan fingerprint density at radius 2 is 1.39 bits per heavy atom. The number of carbonyl (C=O) groups excluding carboxylic acids is 4. The molecule has 36 heavy (non-hydrogen) atoms. The van der Waals surface area contributed by atoms with Gasteiger partial charge in [0.1, 0.15) is 23.9 Å². The molecule has 0 aromatic heterocycles. The first-order valence-electron chi connectivity index (χ1n) is 10.6. The molecule has 1 aromatic rings. The fourth-order valence-electron chi connectivity index (χ4n) is 2.92. The van der Waals surface area contributed by atoms with Crippen LogP contribution < -0.4 is 27.4 Å². The topological polar surface area (TPSA) is 251 Å². The summed E-state index contributed by atoms with van der Waals surface area (Å²) < 4.78 is 0. The molecule has 14 nitrogen and oxygen atoms in total. The number of carbonyl (C=O) groups is 6. The number of thiol groups is 1. The smallest absolute Gasteiger partial charge is 0.327 e. The number of phenols is 1. The molecule has 0 aliphatic carbocycles. The van der Waals surface area contributed by atoms with Crippen molar-refractivity contribution in [2.75, 3.05) is 5.75 Å². The van der Waals surface area contributed by atoms with E-state index in [-0.39, 0.29) is 30.8 Å². The molecule has 0 radical (unpaired) electrons. The van der Waals surface area contributed by atoms with Crippen LogP contribution in [0.3, 0.4) is 0 Å². The molecule has 0 bridgehead atoms. The summed E-state index contributed by atoms with van der Waals surface area (Å²) >= 11 is 3.88. The molecule has 0 fully saturated rings. The zero-order valence-corrected chi connectivity index (χ0v) is 19.9. The predicted molar refractivity (Wildman–Crippen MR) is 128 cm³/mol. The second-order valence-corrected chi connectivity index (χ2v) is 8.15. The highest BCUT2D eigenvalue weighted by Gasteiger charge is 2.30. The van der Waals surface area contributed by atoms with E-state index in [1.165, 1.54) is 24.3 Å². The van der Waals surface area contributed by atoms with Gasteiger partial charge >= 0.3 is 11.9 Å². The summed E-state index contributed by atoms with van der Waals surface area (Å²) in [6.07, 6.45) is -1.47. The molecule has 198 valence electrons. The lowest BCUT2D eigenvalue weighted by Gasteiger charge is -2.25. The minimum absolute atomic E-state index is 0.0447. The largest absolute Gasteiger partial charge is 0.508 e. The zero-order valence-electron chi connectivity index (χ0n) is 19.0. The molecule has 0 spiro atoms. The van der Waals surface area contributed by atoms with Gasteiger partial charge in [0.25, 0.3) is 0 Å². The highest BCUT2D eigenvalue weighted by molar-refractivity contribution is 7.80. The second kappa shape index (κ2) is 14.5. The molecule has 0 heterocycles. The van der Waals surface area contributed by atoms with Crippen molar-refractivity contribution in [3.63, 3.8) is 0 Å². The average Bonchev–Trinajstić information content (AvgIpc) is 2.79. The third-order valence-corrected chi connectivity index (χ3v) is 5.22. The van der Waals surface area contributed by atoms with Crippen LogP contribution in [-0.4, -0.2) is 80.8 Å². The molecule has 15 heteroatoms. The van der Waals surface area contributed by atoms with Crippen molar-refractivity contribution in [2.24, 2.45) is 11.5 Å². The van der Waals surface area contributed by atoms with Gasteiger partial charge in [-0.2, -0.15) is 12.6 Å². The fourth-order valence-corrected chi connectivity index (χ4v) is 3.17. The number of aromatic hydroxyl groups is 1. The van der Waals surface area contributed by atoms with E-state index in [4.69, 9.17) is 16.6 Å². The van der Waals surface area contributed by atoms with Crippen LogP contribution in [0.15, 0.2) is 24.3 Å². The van der Waals surface area contributed by atoms with Gasteiger partial charge in [0.2, 0.25) is 23.6 Å². The van der Waals surface area contributed by atoms with Crippen LogP contribution in [0.4, 0.5) is 0 Å². The number of nitrogens with two attached hydrogens (primary N) is 2. The van der Waals surface area contributed by atoms with Gasteiger partial charge in [-0.15, -0.1) is 0 Å². The molecule has 0 saturated heterocycles. The van der Waals surface area contributed by atoms with Gasteiger partial charge in [0.05, 0.1) is 12.5 Å². The SMILES string of the molecule is NC(=O)CCC(NC(=O)C(N)CC(=O)O)C(=O)NC(Cc1ccc(O)cc1)C(=O)NC(CS)C(=O)O. The van der Waals surface area contributed by atoms with E-state index >= 15 is 0 Å². The molecule has 0 aliphatic heterocycles. The van der Waals surface area contributed by atoms with E-state index < -0.39 is 66.2 Å². The third-order valence-electron chi connectivity index (χ3n) is 4.85. The predicted octanol–water partition coefficient (Wildman–Crippen LogP) is -2.53. The van der Waals surface area contributed by atoms with Crippen molar-refractivity contribution in [3.05, 3.63) is 29.8 Å². The molecular formula is C21H29N5O9S. The van der Waals surface area contributed by atoms with Crippen molar-refractivity contribution in [2.45, 2.75) is 49.9 Å². The normalized spacial score (nSPS) is 13.9. The first kappa shape index (κ1) is 30.2. The van der Waals surface area contributed by atoms with Crippen molar-refractivity contribution < 1.29 is 44.1 Å². The highest BCUT2D eigenvalue weighted by atomic mass is 32.1. The number of primary amides is 1. The zero-order chi connectivity index (χ0) is 27.4. The summed E-state index contributed by atoms with van der Waals surface area (Å²) in [5.41, 5.74) is 11.1. The highest BCUT2D eigenvalue weighted by Crippen LogP contribution is 2.12. The van der Waals surface area contributed by atoms with Gasteiger partial charge in [-0.3, -0.25) is 24.0 Å². The molecule has 10 N–H and O–H groups in total. The molecular weight excluding hydrogens is 498 g/mol. The Hall–Kier alpha value is -3.85. The number of hydrogen-bond donors (Lipinski definition) is 9. The summed E-state index contributed by atoms with van der Waals surface area (Å²) in [6.45, 7) is 0. The van der Waals surface area contributed by atoms with Crippen molar-refractivity contribution in [1.29, 1.82) is 0 Å². The molecule has 4 unspecified atom stereocenters. The number of carboxylic acid groups (broad SMARTS) is 2. The lowest BCUT2D eigenvalue weighted by atomic mass is 10.0. The standard InChI is InChI=1S/C21H29N5O9S/c22-12(8-17(29)30)18(31)24-13(5-6-16(23)28)19(32)25-14(7-10-1-3-11(27)4-2-10)20(33)26-15(9-36)21(34)35/h1-4,12-15,27,36H,5-9,22H2,(H2,23,28)(H,24,31)(H,25,32)(H,26,33)(H,29,30)(H,34,35). The summed E-state index contributed by atoms with van der Waals surface area (Å²) in [6, 6.07) is 0.0379. The Labute approximate surface area is 211 Å². The van der Waals surface area contributed by atoms with Gasteiger partial charge in [0.15, 0.2) is 0 Å². The van der Waals surface area contributed by atoms with Crippen LogP contribution in [0, 0.1) is 0 Å². The van der Waals surface area contributed by atoms with Crippen LogP contribution in [0.1, 0.15) is 24.8 Å². The number of hydrogen-bond acceptors (Lipinski definition) is 9. The van der Waals surface area contributed by atoms with Crippen LogP contribution in [-0.2, 0) is 35.2 Å². The molecule has 0 aliphatic rings. The molecule has 4 atom stereocenters. The first-order valence-corrected chi connectivity index (χ1v) is 11.3. The van der Waals surface area contributed by atoms with Crippen LogP contribution in [0.2, 0.25) is 0 Å². The van der Waals surface area contributed by atoms with Crippen LogP contribution in [0.25, 0.3) is 0 Å². The summed E-state index contributed by atoms with van der Waals surface area (Å²) in [5, 5.41) is 34.4. The van der Waals surface area contributed by atoms with E-state index in [0.29, 0.717) is 5.56 Å². The van der Waals surface area contributed by atoms with Gasteiger partial charge in [-0.1, -0.05) is 12.1 Å². The van der Waals surface area contributed by atoms with Gasteiger partial charge < -0.3 is 42.7 Å². The quantitative estimate of drug-likeness (QED) is 0.108. The Morgan fingerprint density at radius 3 is 1.89 bits per heavy atom. The van der Waals surface area contributed by atoms with Crippen LogP contribution in [0.5, 0.6) is 5.75 Å². The number of benzene rings is 1. The molecule has 0 saturated carbocycles. The fraction of sp³-hybridized carbons (Fsp3) is 0.429. The number of carboxylic acids is 2. The van der Waals surface area contributed by atoms with Crippen molar-refractivity contribution >= 4 is 48.2 Å². The summed E-state index contributed by atoms with van der Waals surface area (Å²) in [5.74, 6) is -6.55. The van der Waals surface area contributed by atoms with E-state index in [2.05, 4.69) is 28.6 Å². The van der Waals surface area contributed by atoms with Gasteiger partial charge in [-0.25, -0.2) is 4.79 Å². The average molecular weight is 528 g/mol. The number of phenolic OH excluding ortho intramolecular Hbond substituents is 1. The van der Waals surface area contributed by atoms with E-state index in [0.717, 1.165) is 0 Å². The maximum Gasteiger partial charge on any atom is 0.327 e. The van der Waals surface area contributed by atoms with E-state index in [1.54, 1.807) is 0 Å². The first-order chi connectivity index (χ1) is 16.8. The Bertz CT molecular complexity index is 973. The Morgan fingerprint density at radius 1 is 0.861 bits per heavy atom. The van der Waals surface area contributed by atoms with Gasteiger partial charge in [0, 0.05) is 18.6 Å². The van der Waals surface area contributed by atoms with Gasteiger partial charge in [-0.05, 0) is 24.1 Å². The van der Waals surface area contributed by atoms with E-state index in [9.17, 15) is 39.0 Å². The summed E-state index contributed by atoms with van der Waals surface area (Å²) in [4.78, 5) is 71.5. The maximum absolute atomic E-state index is 13.0. The van der Waals surface area contributed by atoms with Crippen molar-refractivity contribution in [1.82, 2.24) is 16.0 Å². The Balaban J connectivity index is 3.14. The lowest BCUT2D eigenvalue weighted by Crippen LogP contribution is -2.58. The Kier molecular flexibility index (Phi) is 12.2. The van der Waals surface area contributed by atoms with Crippen molar-refractivity contribution in [3.8, 4) is 5.75 Å². The molecule has 1 aromatic carbocycles. The summed E-state index contributed by atoms with van der Waals surface area (Å²) in [7, 11) is 0. The third kappa shape index (κ3) is 10.6. The number of nitrogens with one attached hydrogen (secondary N) is 3.